The first-order valence-corrected chi connectivity index (χ1v) is 6.57. The Kier molecular flexibility index (Phi) is 4.31. The van der Waals surface area contributed by atoms with Gasteiger partial charge in [-0.05, 0) is 30.7 Å². The van der Waals surface area contributed by atoms with Crippen LogP contribution in [0, 0.1) is 0 Å². The van der Waals surface area contributed by atoms with Gasteiger partial charge in [-0.1, -0.05) is 0 Å². The molecule has 19 heavy (non-hydrogen) atoms. The number of urea groups is 1. The molecule has 2 rings (SSSR count). The summed E-state index contributed by atoms with van der Waals surface area (Å²) in [6.45, 7) is 4.50. The van der Waals surface area contributed by atoms with E-state index in [1.165, 1.54) is 0 Å². The minimum Gasteiger partial charge on any atom is -0.440 e. The standard InChI is InChI=1S/C12H16ClN3O3/c1-2-14-12(18)16-7-5-15(6-8-16)11(17)9-3-4-10(13)19-9/h3-4H,2,5-8H2,1H3,(H,14,18). The van der Waals surface area contributed by atoms with Crippen molar-refractivity contribution >= 4 is 23.5 Å². The average Bonchev–Trinajstić information content (AvgIpc) is 2.85. The number of amides is 3. The van der Waals surface area contributed by atoms with Crippen LogP contribution in [0.15, 0.2) is 16.5 Å². The maximum absolute atomic E-state index is 12.1. The molecule has 1 aliphatic heterocycles. The van der Waals surface area contributed by atoms with Gasteiger partial charge >= 0.3 is 6.03 Å². The van der Waals surface area contributed by atoms with Gasteiger partial charge in [-0.2, -0.15) is 0 Å². The van der Waals surface area contributed by atoms with E-state index in [4.69, 9.17) is 16.0 Å². The number of hydrogen-bond acceptors (Lipinski definition) is 3. The van der Waals surface area contributed by atoms with Crippen LogP contribution in [0.5, 0.6) is 0 Å². The molecular formula is C12H16ClN3O3. The van der Waals surface area contributed by atoms with Gasteiger partial charge in [0.1, 0.15) is 0 Å². The average molecular weight is 286 g/mol. The van der Waals surface area contributed by atoms with Crippen LogP contribution in [0.4, 0.5) is 4.79 Å². The van der Waals surface area contributed by atoms with Crippen LogP contribution in [0.1, 0.15) is 17.5 Å². The Morgan fingerprint density at radius 1 is 1.26 bits per heavy atom. The van der Waals surface area contributed by atoms with E-state index in [-0.39, 0.29) is 22.9 Å². The third-order valence-electron chi connectivity index (χ3n) is 2.97. The highest BCUT2D eigenvalue weighted by molar-refractivity contribution is 6.29. The molecule has 0 unspecified atom stereocenters. The molecule has 0 spiro atoms. The molecule has 0 radical (unpaired) electrons. The van der Waals surface area contributed by atoms with E-state index in [0.717, 1.165) is 0 Å². The molecule has 1 aliphatic rings. The normalized spacial score (nSPS) is 15.5. The first-order valence-electron chi connectivity index (χ1n) is 6.19. The molecule has 0 aromatic carbocycles. The van der Waals surface area contributed by atoms with Crippen LogP contribution in [0.3, 0.4) is 0 Å². The van der Waals surface area contributed by atoms with Gasteiger partial charge in [-0.25, -0.2) is 4.79 Å². The second-order valence-electron chi connectivity index (χ2n) is 4.22. The fraction of sp³-hybridized carbons (Fsp3) is 0.500. The van der Waals surface area contributed by atoms with E-state index in [9.17, 15) is 9.59 Å². The minimum atomic E-state index is -0.192. The third-order valence-corrected chi connectivity index (χ3v) is 3.17. The number of rotatable bonds is 2. The van der Waals surface area contributed by atoms with Gasteiger partial charge in [0.05, 0.1) is 0 Å². The van der Waals surface area contributed by atoms with Gasteiger partial charge in [0.15, 0.2) is 11.0 Å². The summed E-state index contributed by atoms with van der Waals surface area (Å²) >= 11 is 5.64. The first-order chi connectivity index (χ1) is 9.11. The lowest BCUT2D eigenvalue weighted by Gasteiger charge is -2.34. The van der Waals surface area contributed by atoms with Crippen molar-refractivity contribution in [3.63, 3.8) is 0 Å². The van der Waals surface area contributed by atoms with Crippen molar-refractivity contribution in [1.82, 2.24) is 15.1 Å². The fourth-order valence-corrected chi connectivity index (χ4v) is 2.11. The van der Waals surface area contributed by atoms with E-state index in [1.807, 2.05) is 6.92 Å². The highest BCUT2D eigenvalue weighted by atomic mass is 35.5. The summed E-state index contributed by atoms with van der Waals surface area (Å²) in [7, 11) is 0. The van der Waals surface area contributed by atoms with Gasteiger partial charge in [-0.3, -0.25) is 4.79 Å². The molecule has 1 fully saturated rings. The molecule has 0 saturated carbocycles. The second kappa shape index (κ2) is 5.97. The number of carbonyl (C=O) groups is 2. The summed E-state index contributed by atoms with van der Waals surface area (Å²) in [4.78, 5) is 27.0. The van der Waals surface area contributed by atoms with Crippen LogP contribution in [-0.2, 0) is 0 Å². The van der Waals surface area contributed by atoms with Crippen molar-refractivity contribution in [3.05, 3.63) is 23.1 Å². The van der Waals surface area contributed by atoms with E-state index in [0.29, 0.717) is 32.7 Å². The molecule has 6 nitrogen and oxygen atoms in total. The summed E-state index contributed by atoms with van der Waals surface area (Å²) in [5, 5.41) is 2.94. The molecule has 3 amide bonds. The predicted molar refractivity (Wildman–Crippen MR) is 70.3 cm³/mol. The smallest absolute Gasteiger partial charge is 0.317 e. The Labute approximate surface area is 116 Å². The molecule has 1 saturated heterocycles. The highest BCUT2D eigenvalue weighted by Crippen LogP contribution is 2.16. The molecule has 1 N–H and O–H groups in total. The van der Waals surface area contributed by atoms with Gasteiger partial charge in [-0.15, -0.1) is 0 Å². The van der Waals surface area contributed by atoms with Crippen molar-refractivity contribution < 1.29 is 14.0 Å². The monoisotopic (exact) mass is 285 g/mol. The molecule has 1 aromatic heterocycles. The topological polar surface area (TPSA) is 65.8 Å². The zero-order valence-electron chi connectivity index (χ0n) is 10.7. The Morgan fingerprint density at radius 2 is 1.89 bits per heavy atom. The van der Waals surface area contributed by atoms with Crippen molar-refractivity contribution in [3.8, 4) is 0 Å². The maximum atomic E-state index is 12.1. The zero-order chi connectivity index (χ0) is 13.8. The first kappa shape index (κ1) is 13.7. The quantitative estimate of drug-likeness (QED) is 0.894. The molecule has 1 aromatic rings. The summed E-state index contributed by atoms with van der Waals surface area (Å²) in [5.74, 6) is 0.0407. The third kappa shape index (κ3) is 3.20. The van der Waals surface area contributed by atoms with E-state index in [2.05, 4.69) is 5.32 Å². The van der Waals surface area contributed by atoms with Gasteiger partial charge in [0.2, 0.25) is 0 Å². The lowest BCUT2D eigenvalue weighted by atomic mass is 10.3. The van der Waals surface area contributed by atoms with Gasteiger partial charge in [0, 0.05) is 32.7 Å². The van der Waals surface area contributed by atoms with Crippen LogP contribution >= 0.6 is 11.6 Å². The summed E-state index contributed by atoms with van der Waals surface area (Å²) < 4.78 is 5.09. The molecule has 2 heterocycles. The predicted octanol–water partition coefficient (Wildman–Crippen LogP) is 1.42. The SMILES string of the molecule is CCNC(=O)N1CCN(C(=O)c2ccc(Cl)o2)CC1. The molecule has 0 atom stereocenters. The largest absolute Gasteiger partial charge is 0.440 e. The second-order valence-corrected chi connectivity index (χ2v) is 4.59. The van der Waals surface area contributed by atoms with Crippen molar-refractivity contribution in [2.75, 3.05) is 32.7 Å². The summed E-state index contributed by atoms with van der Waals surface area (Å²) in [6, 6.07) is 3.01. The highest BCUT2D eigenvalue weighted by Gasteiger charge is 2.26. The van der Waals surface area contributed by atoms with E-state index < -0.39 is 0 Å². The Balaban J connectivity index is 1.89. The lowest BCUT2D eigenvalue weighted by Crippen LogP contribution is -2.53. The Hall–Kier alpha value is -1.69. The molecule has 104 valence electrons. The van der Waals surface area contributed by atoms with Crippen LogP contribution in [0.25, 0.3) is 0 Å². The molecular weight excluding hydrogens is 270 g/mol. The number of furan rings is 1. The van der Waals surface area contributed by atoms with E-state index >= 15 is 0 Å². The number of nitrogens with one attached hydrogen (secondary N) is 1. The minimum absolute atomic E-state index is 0.0874. The Bertz CT molecular complexity index is 467. The van der Waals surface area contributed by atoms with Crippen LogP contribution < -0.4 is 5.32 Å². The van der Waals surface area contributed by atoms with Gasteiger partial charge < -0.3 is 19.5 Å². The number of piperazine rings is 1. The number of hydrogen-bond donors (Lipinski definition) is 1. The van der Waals surface area contributed by atoms with E-state index in [1.54, 1.807) is 21.9 Å². The van der Waals surface area contributed by atoms with Crippen molar-refractivity contribution in [1.29, 1.82) is 0 Å². The number of carbonyl (C=O) groups excluding carboxylic acids is 2. The summed E-state index contributed by atoms with van der Waals surface area (Å²) in [5.41, 5.74) is 0. The summed E-state index contributed by atoms with van der Waals surface area (Å²) in [6.07, 6.45) is 0. The van der Waals surface area contributed by atoms with Gasteiger partial charge in [0.25, 0.3) is 5.91 Å². The number of halogens is 1. The molecule has 7 heteroatoms. The van der Waals surface area contributed by atoms with Crippen molar-refractivity contribution in [2.45, 2.75) is 6.92 Å². The zero-order valence-corrected chi connectivity index (χ0v) is 11.4. The van der Waals surface area contributed by atoms with Crippen molar-refractivity contribution in [2.24, 2.45) is 0 Å². The maximum Gasteiger partial charge on any atom is 0.317 e. The molecule has 0 bridgehead atoms. The Morgan fingerprint density at radius 3 is 2.42 bits per heavy atom. The van der Waals surface area contributed by atoms with Crippen LogP contribution in [0.2, 0.25) is 5.22 Å². The fourth-order valence-electron chi connectivity index (χ4n) is 1.96. The number of nitrogens with zero attached hydrogens (tertiary/aromatic N) is 2. The lowest BCUT2D eigenvalue weighted by molar-refractivity contribution is 0.0634. The van der Waals surface area contributed by atoms with Crippen LogP contribution in [-0.4, -0.2) is 54.5 Å². The molecule has 0 aliphatic carbocycles.